The average Bonchev–Trinajstić information content (AvgIpc) is 2.66. The number of anilines is 1. The Labute approximate surface area is 99.4 Å². The standard InChI is InChI=1S/C12H16F2N2O/c1-16-7-6-10(8-16)15-9-2-4-11(5-3-9)17-12(13)14/h2-5,10,12,15H,6-8H2,1H3. The quantitative estimate of drug-likeness (QED) is 0.877. The number of rotatable bonds is 4. The van der Waals surface area contributed by atoms with Gasteiger partial charge in [-0.3, -0.25) is 0 Å². The van der Waals surface area contributed by atoms with Gasteiger partial charge in [-0.15, -0.1) is 0 Å². The Balaban J connectivity index is 1.89. The second-order valence-corrected chi connectivity index (χ2v) is 4.30. The summed E-state index contributed by atoms with van der Waals surface area (Å²) < 4.78 is 28.2. The number of ether oxygens (including phenoxy) is 1. The molecule has 17 heavy (non-hydrogen) atoms. The first kappa shape index (κ1) is 12.1. The van der Waals surface area contributed by atoms with Gasteiger partial charge in [0.15, 0.2) is 0 Å². The van der Waals surface area contributed by atoms with Gasteiger partial charge < -0.3 is 15.0 Å². The Kier molecular flexibility index (Phi) is 3.78. The first-order valence-corrected chi connectivity index (χ1v) is 5.63. The Morgan fingerprint density at radius 2 is 2.06 bits per heavy atom. The summed E-state index contributed by atoms with van der Waals surface area (Å²) in [6.07, 6.45) is 1.10. The van der Waals surface area contributed by atoms with E-state index in [2.05, 4.69) is 22.0 Å². The van der Waals surface area contributed by atoms with Crippen LogP contribution in [-0.2, 0) is 0 Å². The third-order valence-electron chi connectivity index (χ3n) is 2.84. The molecular weight excluding hydrogens is 226 g/mol. The molecule has 1 N–H and O–H groups in total. The van der Waals surface area contributed by atoms with E-state index in [0.717, 1.165) is 25.2 Å². The molecule has 1 unspecified atom stereocenters. The van der Waals surface area contributed by atoms with Gasteiger partial charge in [0.05, 0.1) is 0 Å². The van der Waals surface area contributed by atoms with Crippen LogP contribution >= 0.6 is 0 Å². The van der Waals surface area contributed by atoms with Crippen molar-refractivity contribution >= 4 is 5.69 Å². The molecule has 5 heteroatoms. The maximum atomic E-state index is 11.9. The summed E-state index contributed by atoms with van der Waals surface area (Å²) >= 11 is 0. The zero-order valence-corrected chi connectivity index (χ0v) is 9.70. The fourth-order valence-corrected chi connectivity index (χ4v) is 2.02. The maximum absolute atomic E-state index is 11.9. The van der Waals surface area contributed by atoms with E-state index in [0.29, 0.717) is 6.04 Å². The lowest BCUT2D eigenvalue weighted by molar-refractivity contribution is -0.0498. The van der Waals surface area contributed by atoms with E-state index >= 15 is 0 Å². The summed E-state index contributed by atoms with van der Waals surface area (Å²) in [5, 5.41) is 3.37. The van der Waals surface area contributed by atoms with Crippen molar-refractivity contribution in [3.63, 3.8) is 0 Å². The number of halogens is 2. The molecule has 0 aliphatic carbocycles. The maximum Gasteiger partial charge on any atom is 0.387 e. The van der Waals surface area contributed by atoms with Crippen LogP contribution < -0.4 is 10.1 Å². The highest BCUT2D eigenvalue weighted by molar-refractivity contribution is 5.47. The molecule has 1 heterocycles. The average molecular weight is 242 g/mol. The lowest BCUT2D eigenvalue weighted by Gasteiger charge is -2.14. The number of likely N-dealkylation sites (N-methyl/N-ethyl adjacent to an activating group) is 1. The summed E-state index contributed by atoms with van der Waals surface area (Å²) in [6, 6.07) is 7.05. The summed E-state index contributed by atoms with van der Waals surface area (Å²) in [4.78, 5) is 2.26. The van der Waals surface area contributed by atoms with Crippen LogP contribution in [0, 0.1) is 0 Å². The topological polar surface area (TPSA) is 24.5 Å². The fraction of sp³-hybridized carbons (Fsp3) is 0.500. The van der Waals surface area contributed by atoms with Crippen LogP contribution in [0.1, 0.15) is 6.42 Å². The van der Waals surface area contributed by atoms with Crippen LogP contribution in [0.25, 0.3) is 0 Å². The number of alkyl halides is 2. The van der Waals surface area contributed by atoms with E-state index in [-0.39, 0.29) is 5.75 Å². The highest BCUT2D eigenvalue weighted by atomic mass is 19.3. The summed E-state index contributed by atoms with van der Waals surface area (Å²) in [6.45, 7) is -0.670. The van der Waals surface area contributed by atoms with E-state index in [1.807, 2.05) is 0 Å². The minimum atomic E-state index is -2.77. The van der Waals surface area contributed by atoms with Crippen molar-refractivity contribution in [2.24, 2.45) is 0 Å². The number of nitrogens with one attached hydrogen (secondary N) is 1. The Bertz CT molecular complexity index is 356. The third-order valence-corrected chi connectivity index (χ3v) is 2.84. The van der Waals surface area contributed by atoms with Gasteiger partial charge in [-0.25, -0.2) is 0 Å². The molecule has 0 saturated carbocycles. The van der Waals surface area contributed by atoms with Crippen molar-refractivity contribution in [3.8, 4) is 5.75 Å². The molecule has 2 rings (SSSR count). The molecule has 1 saturated heterocycles. The first-order chi connectivity index (χ1) is 8.13. The highest BCUT2D eigenvalue weighted by Crippen LogP contribution is 2.20. The van der Waals surface area contributed by atoms with E-state index in [9.17, 15) is 8.78 Å². The van der Waals surface area contributed by atoms with Crippen molar-refractivity contribution in [1.82, 2.24) is 4.90 Å². The molecule has 1 aromatic rings. The van der Waals surface area contributed by atoms with Gasteiger partial charge in [0.1, 0.15) is 5.75 Å². The van der Waals surface area contributed by atoms with E-state index in [1.54, 1.807) is 24.3 Å². The van der Waals surface area contributed by atoms with Crippen LogP contribution in [0.4, 0.5) is 14.5 Å². The van der Waals surface area contributed by atoms with Crippen molar-refractivity contribution < 1.29 is 13.5 Å². The molecule has 1 aliphatic heterocycles. The molecule has 0 amide bonds. The molecule has 1 atom stereocenters. The molecule has 0 radical (unpaired) electrons. The minimum Gasteiger partial charge on any atom is -0.435 e. The summed E-state index contributed by atoms with van der Waals surface area (Å²) in [7, 11) is 2.08. The molecule has 94 valence electrons. The summed E-state index contributed by atoms with van der Waals surface area (Å²) in [5.41, 5.74) is 0.937. The van der Waals surface area contributed by atoms with Crippen LogP contribution in [-0.4, -0.2) is 37.7 Å². The van der Waals surface area contributed by atoms with Gasteiger partial charge >= 0.3 is 6.61 Å². The number of hydrogen-bond donors (Lipinski definition) is 1. The van der Waals surface area contributed by atoms with Crippen LogP contribution in [0.2, 0.25) is 0 Å². The van der Waals surface area contributed by atoms with Gasteiger partial charge in [-0.05, 0) is 44.3 Å². The number of hydrogen-bond acceptors (Lipinski definition) is 3. The predicted molar refractivity (Wildman–Crippen MR) is 62.6 cm³/mol. The molecule has 1 fully saturated rings. The normalized spacial score (nSPS) is 20.8. The SMILES string of the molecule is CN1CCC(Nc2ccc(OC(F)F)cc2)C1. The number of nitrogens with zero attached hydrogens (tertiary/aromatic N) is 1. The van der Waals surface area contributed by atoms with Gasteiger partial charge in [0, 0.05) is 18.3 Å². The lowest BCUT2D eigenvalue weighted by Crippen LogP contribution is -2.23. The van der Waals surface area contributed by atoms with Gasteiger partial charge in [-0.2, -0.15) is 8.78 Å². The van der Waals surface area contributed by atoms with Gasteiger partial charge in [0.2, 0.25) is 0 Å². The van der Waals surface area contributed by atoms with Gasteiger partial charge in [-0.1, -0.05) is 0 Å². The van der Waals surface area contributed by atoms with Crippen LogP contribution in [0.3, 0.4) is 0 Å². The monoisotopic (exact) mass is 242 g/mol. The molecule has 0 spiro atoms. The second-order valence-electron chi connectivity index (χ2n) is 4.30. The fourth-order valence-electron chi connectivity index (χ4n) is 2.02. The molecular formula is C12H16F2N2O. The lowest BCUT2D eigenvalue weighted by atomic mass is 10.2. The first-order valence-electron chi connectivity index (χ1n) is 5.63. The number of benzene rings is 1. The Morgan fingerprint density at radius 1 is 1.35 bits per heavy atom. The van der Waals surface area contributed by atoms with Crippen molar-refractivity contribution in [2.75, 3.05) is 25.5 Å². The zero-order chi connectivity index (χ0) is 12.3. The minimum absolute atomic E-state index is 0.189. The Hall–Kier alpha value is -1.36. The van der Waals surface area contributed by atoms with Crippen molar-refractivity contribution in [2.45, 2.75) is 19.1 Å². The third kappa shape index (κ3) is 3.56. The van der Waals surface area contributed by atoms with E-state index in [4.69, 9.17) is 0 Å². The smallest absolute Gasteiger partial charge is 0.387 e. The predicted octanol–water partition coefficient (Wildman–Crippen LogP) is 2.40. The van der Waals surface area contributed by atoms with Crippen molar-refractivity contribution in [3.05, 3.63) is 24.3 Å². The molecule has 1 aliphatic rings. The van der Waals surface area contributed by atoms with E-state index < -0.39 is 6.61 Å². The summed E-state index contributed by atoms with van der Waals surface area (Å²) in [5.74, 6) is 0.189. The molecule has 3 nitrogen and oxygen atoms in total. The largest absolute Gasteiger partial charge is 0.435 e. The van der Waals surface area contributed by atoms with E-state index in [1.165, 1.54) is 0 Å². The van der Waals surface area contributed by atoms with Crippen molar-refractivity contribution in [1.29, 1.82) is 0 Å². The second kappa shape index (κ2) is 5.31. The van der Waals surface area contributed by atoms with Gasteiger partial charge in [0.25, 0.3) is 0 Å². The van der Waals surface area contributed by atoms with Crippen LogP contribution in [0.15, 0.2) is 24.3 Å². The zero-order valence-electron chi connectivity index (χ0n) is 9.70. The Morgan fingerprint density at radius 3 is 2.59 bits per heavy atom. The molecule has 1 aromatic carbocycles. The highest BCUT2D eigenvalue weighted by Gasteiger charge is 2.18. The number of likely N-dealkylation sites (tertiary alicyclic amines) is 1. The molecule has 0 aromatic heterocycles. The molecule has 0 bridgehead atoms. The van der Waals surface area contributed by atoms with Crippen LogP contribution in [0.5, 0.6) is 5.75 Å².